The van der Waals surface area contributed by atoms with Gasteiger partial charge in [-0.25, -0.2) is 0 Å². The molecular weight excluding hydrogens is 234 g/mol. The van der Waals surface area contributed by atoms with Gasteiger partial charge >= 0.3 is 0 Å². The number of rotatable bonds is 6. The number of ketones is 1. The number of likely N-dealkylation sites (N-methyl/N-ethyl adjacent to an activating group) is 1. The van der Waals surface area contributed by atoms with Crippen LogP contribution in [0.1, 0.15) is 37.0 Å². The fraction of sp³-hybridized carbons (Fsp3) is 0.500. The molecule has 0 aliphatic carbocycles. The molecule has 0 bridgehead atoms. The number of carbonyl (C=O) groups excluding carboxylic acids is 1. The molecule has 0 aliphatic rings. The molecule has 3 heteroatoms. The van der Waals surface area contributed by atoms with E-state index < -0.39 is 0 Å². The van der Waals surface area contributed by atoms with Crippen molar-refractivity contribution >= 4 is 17.4 Å². The fourth-order valence-corrected chi connectivity index (χ4v) is 2.12. The van der Waals surface area contributed by atoms with Crippen LogP contribution in [0.5, 0.6) is 0 Å². The van der Waals surface area contributed by atoms with Crippen LogP contribution in [0.2, 0.25) is 5.02 Å². The summed E-state index contributed by atoms with van der Waals surface area (Å²) >= 11 is 5.80. The number of nitrogens with zero attached hydrogens (tertiary/aromatic N) is 1. The molecule has 0 aromatic heterocycles. The van der Waals surface area contributed by atoms with E-state index in [-0.39, 0.29) is 5.78 Å². The molecule has 0 N–H and O–H groups in total. The van der Waals surface area contributed by atoms with Gasteiger partial charge < -0.3 is 0 Å². The summed E-state index contributed by atoms with van der Waals surface area (Å²) in [6, 6.07) is 7.56. The van der Waals surface area contributed by atoms with Crippen molar-refractivity contribution in [2.75, 3.05) is 13.6 Å². The lowest BCUT2D eigenvalue weighted by molar-refractivity contribution is 0.0915. The van der Waals surface area contributed by atoms with Crippen molar-refractivity contribution in [2.24, 2.45) is 0 Å². The molecule has 94 valence electrons. The number of halogens is 1. The Morgan fingerprint density at radius 2 is 1.76 bits per heavy atom. The van der Waals surface area contributed by atoms with E-state index in [1.54, 1.807) is 24.3 Å². The van der Waals surface area contributed by atoms with E-state index in [2.05, 4.69) is 18.7 Å². The average molecular weight is 254 g/mol. The molecule has 0 spiro atoms. The van der Waals surface area contributed by atoms with Gasteiger partial charge in [-0.05, 0) is 44.2 Å². The fourth-order valence-electron chi connectivity index (χ4n) is 1.99. The molecule has 0 saturated heterocycles. The first-order valence-corrected chi connectivity index (χ1v) is 6.45. The van der Waals surface area contributed by atoms with Gasteiger partial charge in [0, 0.05) is 16.6 Å². The summed E-state index contributed by atoms with van der Waals surface area (Å²) in [5.41, 5.74) is 0.729. The maximum absolute atomic E-state index is 12.0. The van der Waals surface area contributed by atoms with Gasteiger partial charge in [0.1, 0.15) is 0 Å². The standard InChI is InChI=1S/C14H20ClNO/c1-4-13(5-2)16(3)10-14(17)11-6-8-12(15)9-7-11/h6-9,13H,4-5,10H2,1-3H3. The van der Waals surface area contributed by atoms with E-state index >= 15 is 0 Å². The van der Waals surface area contributed by atoms with Crippen LogP contribution in [0.3, 0.4) is 0 Å². The van der Waals surface area contributed by atoms with E-state index in [1.165, 1.54) is 0 Å². The lowest BCUT2D eigenvalue weighted by atomic mass is 10.1. The summed E-state index contributed by atoms with van der Waals surface area (Å²) in [6.07, 6.45) is 2.14. The SMILES string of the molecule is CCC(CC)N(C)CC(=O)c1ccc(Cl)cc1. The molecular formula is C14H20ClNO. The van der Waals surface area contributed by atoms with E-state index in [0.29, 0.717) is 17.6 Å². The van der Waals surface area contributed by atoms with Crippen LogP contribution in [-0.2, 0) is 0 Å². The Hall–Kier alpha value is -0.860. The minimum atomic E-state index is 0.149. The molecule has 0 unspecified atom stereocenters. The third kappa shape index (κ3) is 4.14. The summed E-state index contributed by atoms with van der Waals surface area (Å²) in [4.78, 5) is 14.1. The van der Waals surface area contributed by atoms with Crippen molar-refractivity contribution < 1.29 is 4.79 Å². The van der Waals surface area contributed by atoms with Gasteiger partial charge in [-0.1, -0.05) is 25.4 Å². The molecule has 2 nitrogen and oxygen atoms in total. The number of carbonyl (C=O) groups is 1. The van der Waals surface area contributed by atoms with Crippen molar-refractivity contribution in [1.82, 2.24) is 4.90 Å². The Morgan fingerprint density at radius 1 is 1.24 bits per heavy atom. The van der Waals surface area contributed by atoms with E-state index in [0.717, 1.165) is 18.4 Å². The minimum absolute atomic E-state index is 0.149. The first-order chi connectivity index (χ1) is 8.08. The Bertz CT molecular complexity index is 357. The van der Waals surface area contributed by atoms with E-state index in [9.17, 15) is 4.79 Å². The quantitative estimate of drug-likeness (QED) is 0.722. The molecule has 17 heavy (non-hydrogen) atoms. The van der Waals surface area contributed by atoms with Crippen molar-refractivity contribution in [2.45, 2.75) is 32.7 Å². The first kappa shape index (κ1) is 14.2. The van der Waals surface area contributed by atoms with Crippen molar-refractivity contribution in [1.29, 1.82) is 0 Å². The number of hydrogen-bond donors (Lipinski definition) is 0. The summed E-state index contributed by atoms with van der Waals surface area (Å²) in [7, 11) is 2.01. The highest BCUT2D eigenvalue weighted by molar-refractivity contribution is 6.30. The van der Waals surface area contributed by atoms with Crippen LogP contribution in [0.25, 0.3) is 0 Å². The summed E-state index contributed by atoms with van der Waals surface area (Å²) in [5, 5.41) is 0.662. The van der Waals surface area contributed by atoms with Crippen LogP contribution in [0.15, 0.2) is 24.3 Å². The van der Waals surface area contributed by atoms with E-state index in [1.807, 2.05) is 7.05 Å². The molecule has 1 aromatic carbocycles. The third-order valence-corrected chi connectivity index (χ3v) is 3.38. The van der Waals surface area contributed by atoms with Gasteiger partial charge in [0.05, 0.1) is 6.54 Å². The predicted molar refractivity (Wildman–Crippen MR) is 72.8 cm³/mol. The molecule has 0 amide bonds. The van der Waals surface area contributed by atoms with Gasteiger partial charge in [-0.15, -0.1) is 0 Å². The van der Waals surface area contributed by atoms with Crippen molar-refractivity contribution in [3.8, 4) is 0 Å². The Labute approximate surface area is 109 Å². The molecule has 0 aliphatic heterocycles. The Morgan fingerprint density at radius 3 is 2.24 bits per heavy atom. The van der Waals surface area contributed by atoms with Crippen LogP contribution < -0.4 is 0 Å². The van der Waals surface area contributed by atoms with Crippen LogP contribution >= 0.6 is 11.6 Å². The maximum Gasteiger partial charge on any atom is 0.176 e. The summed E-state index contributed by atoms with van der Waals surface area (Å²) in [6.45, 7) is 4.77. The predicted octanol–water partition coefficient (Wildman–Crippen LogP) is 3.64. The number of Topliss-reactive ketones (excluding diaryl/α,β-unsaturated/α-hetero) is 1. The first-order valence-electron chi connectivity index (χ1n) is 6.07. The van der Waals surface area contributed by atoms with Crippen molar-refractivity contribution in [3.05, 3.63) is 34.9 Å². The highest BCUT2D eigenvalue weighted by Crippen LogP contribution is 2.12. The summed E-state index contributed by atoms with van der Waals surface area (Å²) in [5.74, 6) is 0.149. The molecule has 0 fully saturated rings. The number of hydrogen-bond acceptors (Lipinski definition) is 2. The Balaban J connectivity index is 2.62. The number of benzene rings is 1. The second-order valence-electron chi connectivity index (χ2n) is 4.32. The van der Waals surface area contributed by atoms with Crippen LogP contribution in [0.4, 0.5) is 0 Å². The normalized spacial score (nSPS) is 11.2. The highest BCUT2D eigenvalue weighted by atomic mass is 35.5. The van der Waals surface area contributed by atoms with Gasteiger partial charge in [-0.3, -0.25) is 9.69 Å². The molecule has 0 heterocycles. The topological polar surface area (TPSA) is 20.3 Å². The van der Waals surface area contributed by atoms with Crippen LogP contribution in [0, 0.1) is 0 Å². The smallest absolute Gasteiger partial charge is 0.176 e. The largest absolute Gasteiger partial charge is 0.296 e. The molecule has 0 saturated carbocycles. The van der Waals surface area contributed by atoms with E-state index in [4.69, 9.17) is 11.6 Å². The lowest BCUT2D eigenvalue weighted by Gasteiger charge is -2.25. The lowest BCUT2D eigenvalue weighted by Crippen LogP contribution is -2.35. The molecule has 0 atom stereocenters. The molecule has 0 radical (unpaired) electrons. The highest BCUT2D eigenvalue weighted by Gasteiger charge is 2.14. The molecule has 1 rings (SSSR count). The zero-order valence-electron chi connectivity index (χ0n) is 10.7. The van der Waals surface area contributed by atoms with Gasteiger partial charge in [0.15, 0.2) is 5.78 Å². The molecule has 1 aromatic rings. The van der Waals surface area contributed by atoms with Crippen LogP contribution in [-0.4, -0.2) is 30.3 Å². The van der Waals surface area contributed by atoms with Gasteiger partial charge in [-0.2, -0.15) is 0 Å². The van der Waals surface area contributed by atoms with Gasteiger partial charge in [0.25, 0.3) is 0 Å². The Kier molecular flexibility index (Phi) is 5.66. The minimum Gasteiger partial charge on any atom is -0.296 e. The summed E-state index contributed by atoms with van der Waals surface area (Å²) < 4.78 is 0. The second-order valence-corrected chi connectivity index (χ2v) is 4.75. The third-order valence-electron chi connectivity index (χ3n) is 3.13. The maximum atomic E-state index is 12.0. The van der Waals surface area contributed by atoms with Crippen molar-refractivity contribution in [3.63, 3.8) is 0 Å². The second kappa shape index (κ2) is 6.77. The zero-order chi connectivity index (χ0) is 12.8. The van der Waals surface area contributed by atoms with Gasteiger partial charge in [0.2, 0.25) is 0 Å². The monoisotopic (exact) mass is 253 g/mol. The average Bonchev–Trinajstić information content (AvgIpc) is 2.31. The zero-order valence-corrected chi connectivity index (χ0v) is 11.5.